The minimum Gasteiger partial charge on any atom is -0.493 e. The van der Waals surface area contributed by atoms with Crippen LogP contribution in [0.15, 0.2) is 85.9 Å². The van der Waals surface area contributed by atoms with Gasteiger partial charge in [0.05, 0.1) is 24.5 Å². The summed E-state index contributed by atoms with van der Waals surface area (Å²) in [6.45, 7) is 2.04. The summed E-state index contributed by atoms with van der Waals surface area (Å²) in [6.07, 6.45) is 2.02. The van der Waals surface area contributed by atoms with Gasteiger partial charge in [-0.25, -0.2) is 13.4 Å². The van der Waals surface area contributed by atoms with Crippen LogP contribution in [0.5, 0.6) is 11.5 Å². The zero-order valence-corrected chi connectivity index (χ0v) is 23.8. The molecule has 39 heavy (non-hydrogen) atoms. The summed E-state index contributed by atoms with van der Waals surface area (Å²) in [5.41, 5.74) is 1.68. The fraction of sp³-hybridized carbons (Fsp3) is 0.179. The summed E-state index contributed by atoms with van der Waals surface area (Å²) in [5, 5.41) is 9.11. The highest BCUT2D eigenvalue weighted by atomic mass is 79.9. The normalized spacial score (nSPS) is 11.7. The number of nitrogens with one attached hydrogen (secondary N) is 1. The van der Waals surface area contributed by atoms with Crippen molar-refractivity contribution in [2.75, 3.05) is 14.2 Å². The molecule has 0 aliphatic rings. The van der Waals surface area contributed by atoms with Crippen molar-refractivity contribution in [1.29, 1.82) is 5.41 Å². The fourth-order valence-electron chi connectivity index (χ4n) is 4.51. The quantitative estimate of drug-likeness (QED) is 0.276. The lowest BCUT2D eigenvalue weighted by Crippen LogP contribution is -2.30. The van der Waals surface area contributed by atoms with Crippen LogP contribution in [0.2, 0.25) is 0 Å². The molecule has 0 atom stereocenters. The van der Waals surface area contributed by atoms with Crippen LogP contribution in [0, 0.1) is 12.3 Å². The molecule has 5 rings (SSSR count). The molecule has 200 valence electrons. The van der Waals surface area contributed by atoms with E-state index < -0.39 is 15.4 Å². The Morgan fingerprint density at radius 1 is 0.974 bits per heavy atom. The number of aryl methyl sites for hydroxylation is 3. The summed E-state index contributed by atoms with van der Waals surface area (Å²) in [7, 11) is -1.02. The van der Waals surface area contributed by atoms with Gasteiger partial charge in [0.15, 0.2) is 11.5 Å². The number of benzene rings is 2. The van der Waals surface area contributed by atoms with Crippen molar-refractivity contribution in [1.82, 2.24) is 14.0 Å². The van der Waals surface area contributed by atoms with Gasteiger partial charge in [0.1, 0.15) is 21.7 Å². The molecule has 0 aliphatic heterocycles. The van der Waals surface area contributed by atoms with Crippen LogP contribution >= 0.6 is 15.9 Å². The van der Waals surface area contributed by atoms with E-state index in [1.807, 2.05) is 25.1 Å². The third kappa shape index (κ3) is 4.72. The Balaban J connectivity index is 1.75. The first-order valence-corrected chi connectivity index (χ1v) is 14.2. The number of pyridine rings is 2. The number of hydrogen-bond donors (Lipinski definition) is 1. The second kappa shape index (κ2) is 10.3. The van der Waals surface area contributed by atoms with Gasteiger partial charge < -0.3 is 14.0 Å². The van der Waals surface area contributed by atoms with E-state index in [0.29, 0.717) is 23.6 Å². The first-order chi connectivity index (χ1) is 18.6. The number of nitrogens with zero attached hydrogens (tertiary/aromatic N) is 3. The van der Waals surface area contributed by atoms with Crippen LogP contribution in [0.25, 0.3) is 16.7 Å². The van der Waals surface area contributed by atoms with E-state index in [4.69, 9.17) is 19.9 Å². The maximum atomic E-state index is 13.7. The Hall–Kier alpha value is -3.96. The smallest absolute Gasteiger partial charge is 0.267 e. The van der Waals surface area contributed by atoms with E-state index in [1.54, 1.807) is 44.7 Å². The molecule has 3 heterocycles. The summed E-state index contributed by atoms with van der Waals surface area (Å²) in [4.78, 5) is 18.1. The number of hydrogen-bond acceptors (Lipinski definition) is 7. The van der Waals surface area contributed by atoms with Crippen LogP contribution in [0.1, 0.15) is 11.1 Å². The largest absolute Gasteiger partial charge is 0.493 e. The molecule has 0 bridgehead atoms. The standard InChI is InChI=1S/C28H25BrN4O5S/c1-17-5-4-13-33-26(17)31-27-21(28(33)34)16-24(39(35,36)20-9-7-19(29)8-10-20)25(30)32(27)14-12-18-6-11-22(37-2)23(15-18)38-3/h4-11,13,15-16,30H,12,14H2,1-3H3. The molecule has 0 radical (unpaired) electrons. The molecule has 0 amide bonds. The second-order valence-electron chi connectivity index (χ2n) is 8.94. The fourth-order valence-corrected chi connectivity index (χ4v) is 6.16. The van der Waals surface area contributed by atoms with E-state index in [1.165, 1.54) is 27.2 Å². The van der Waals surface area contributed by atoms with Crippen molar-refractivity contribution in [3.63, 3.8) is 0 Å². The number of sulfone groups is 1. The van der Waals surface area contributed by atoms with Crippen molar-refractivity contribution in [3.8, 4) is 11.5 Å². The highest BCUT2D eigenvalue weighted by Gasteiger charge is 2.24. The number of methoxy groups -OCH3 is 2. The Kier molecular flexibility index (Phi) is 7.04. The Morgan fingerprint density at radius 3 is 2.38 bits per heavy atom. The van der Waals surface area contributed by atoms with Crippen molar-refractivity contribution in [3.05, 3.63) is 98.3 Å². The van der Waals surface area contributed by atoms with Gasteiger partial charge in [-0.1, -0.05) is 28.1 Å². The molecule has 0 fully saturated rings. The lowest BCUT2D eigenvalue weighted by molar-refractivity contribution is 0.354. The first-order valence-electron chi connectivity index (χ1n) is 12.0. The summed E-state index contributed by atoms with van der Waals surface area (Å²) in [5.74, 6) is 1.14. The van der Waals surface area contributed by atoms with Crippen molar-refractivity contribution >= 4 is 42.4 Å². The molecule has 3 aromatic heterocycles. The average molecular weight is 610 g/mol. The molecule has 2 aromatic carbocycles. The number of ether oxygens (including phenoxy) is 2. The van der Waals surface area contributed by atoms with Gasteiger partial charge in [-0.15, -0.1) is 0 Å². The molecule has 1 N–H and O–H groups in total. The average Bonchev–Trinajstić information content (AvgIpc) is 2.93. The maximum absolute atomic E-state index is 13.7. The van der Waals surface area contributed by atoms with Crippen molar-refractivity contribution in [2.45, 2.75) is 29.7 Å². The number of aromatic nitrogens is 3. The zero-order chi connectivity index (χ0) is 27.9. The van der Waals surface area contributed by atoms with E-state index in [-0.39, 0.29) is 32.9 Å². The van der Waals surface area contributed by atoms with Crippen LogP contribution in [0.4, 0.5) is 0 Å². The molecule has 0 saturated heterocycles. The van der Waals surface area contributed by atoms with Gasteiger partial charge in [0.25, 0.3) is 5.56 Å². The van der Waals surface area contributed by atoms with Crippen molar-refractivity contribution in [2.24, 2.45) is 0 Å². The van der Waals surface area contributed by atoms with Crippen LogP contribution in [-0.4, -0.2) is 36.6 Å². The number of fused-ring (bicyclic) bond motifs is 2. The molecular formula is C28H25BrN4O5S. The Labute approximate surface area is 232 Å². The van der Waals surface area contributed by atoms with Gasteiger partial charge in [-0.05, 0) is 73.0 Å². The Bertz CT molecular complexity index is 1970. The minimum absolute atomic E-state index is 0.0229. The van der Waals surface area contributed by atoms with Crippen LogP contribution in [0.3, 0.4) is 0 Å². The third-order valence-electron chi connectivity index (χ3n) is 6.58. The highest BCUT2D eigenvalue weighted by Crippen LogP contribution is 2.28. The third-order valence-corrected chi connectivity index (χ3v) is 8.90. The van der Waals surface area contributed by atoms with Gasteiger partial charge >= 0.3 is 0 Å². The summed E-state index contributed by atoms with van der Waals surface area (Å²) < 4.78 is 41.8. The highest BCUT2D eigenvalue weighted by molar-refractivity contribution is 9.10. The molecule has 5 aromatic rings. The predicted octanol–water partition coefficient (Wildman–Crippen LogP) is 4.29. The van der Waals surface area contributed by atoms with Gasteiger partial charge in [0, 0.05) is 17.2 Å². The Morgan fingerprint density at radius 2 is 1.69 bits per heavy atom. The summed E-state index contributed by atoms with van der Waals surface area (Å²) in [6, 6.07) is 16.5. The second-order valence-corrected chi connectivity index (χ2v) is 11.8. The van der Waals surface area contributed by atoms with E-state index in [2.05, 4.69) is 15.9 Å². The SMILES string of the molecule is COc1ccc(CCn2c(=N)c(S(=O)(=O)c3ccc(Br)cc3)cc3c(=O)n4cccc(C)c4nc32)cc1OC. The lowest BCUT2D eigenvalue weighted by Gasteiger charge is -2.16. The van der Waals surface area contributed by atoms with E-state index in [0.717, 1.165) is 15.6 Å². The molecule has 0 saturated carbocycles. The molecule has 0 aliphatic carbocycles. The zero-order valence-electron chi connectivity index (χ0n) is 21.4. The predicted molar refractivity (Wildman–Crippen MR) is 150 cm³/mol. The maximum Gasteiger partial charge on any atom is 0.267 e. The molecule has 11 heteroatoms. The molecule has 0 spiro atoms. The lowest BCUT2D eigenvalue weighted by atomic mass is 10.1. The van der Waals surface area contributed by atoms with E-state index in [9.17, 15) is 13.2 Å². The van der Waals surface area contributed by atoms with Crippen LogP contribution < -0.4 is 20.5 Å². The molecule has 0 unspecified atom stereocenters. The van der Waals surface area contributed by atoms with Crippen molar-refractivity contribution < 1.29 is 17.9 Å². The number of halogens is 1. The summed E-state index contributed by atoms with van der Waals surface area (Å²) >= 11 is 3.32. The van der Waals surface area contributed by atoms with Gasteiger partial charge in [0.2, 0.25) is 9.84 Å². The number of rotatable bonds is 7. The monoisotopic (exact) mass is 608 g/mol. The molecular weight excluding hydrogens is 584 g/mol. The van der Waals surface area contributed by atoms with Crippen LogP contribution in [-0.2, 0) is 22.8 Å². The van der Waals surface area contributed by atoms with E-state index >= 15 is 0 Å². The minimum atomic E-state index is -4.12. The van der Waals surface area contributed by atoms with Gasteiger partial charge in [-0.2, -0.15) is 0 Å². The molecule has 9 nitrogen and oxygen atoms in total. The first kappa shape index (κ1) is 26.6. The van der Waals surface area contributed by atoms with Gasteiger partial charge in [-0.3, -0.25) is 14.6 Å². The topological polar surface area (TPSA) is 116 Å².